The molecule has 0 aromatic rings. The molecule has 0 aliphatic carbocycles. The first-order valence-corrected chi connectivity index (χ1v) is 4.71. The lowest BCUT2D eigenvalue weighted by Gasteiger charge is -2.17. The van der Waals surface area contributed by atoms with Crippen LogP contribution >= 0.6 is 11.6 Å². The largest absolute Gasteiger partial charge is 0.354 e. The summed E-state index contributed by atoms with van der Waals surface area (Å²) < 4.78 is 0. The van der Waals surface area contributed by atoms with Gasteiger partial charge in [0.2, 0.25) is 5.91 Å². The van der Waals surface area contributed by atoms with E-state index in [1.165, 1.54) is 0 Å². The average Bonchev–Trinajstić information content (AvgIpc) is 2.13. The minimum atomic E-state index is -0.512. The van der Waals surface area contributed by atoms with E-state index in [1.807, 2.05) is 0 Å². The summed E-state index contributed by atoms with van der Waals surface area (Å²) in [7, 11) is 0. The standard InChI is InChI=1S/C9H15ClN2O/c1-7(4-10)8(13)12-6-9(2,3)5-11/h7H,4,6H2,1-3H3,(H,12,13). The Bertz CT molecular complexity index is 220. The molecular formula is C9H15ClN2O. The van der Waals surface area contributed by atoms with Gasteiger partial charge in [-0.2, -0.15) is 5.26 Å². The van der Waals surface area contributed by atoms with E-state index in [0.29, 0.717) is 12.4 Å². The van der Waals surface area contributed by atoms with Gasteiger partial charge in [0, 0.05) is 18.3 Å². The summed E-state index contributed by atoms with van der Waals surface area (Å²) in [5.74, 6) is 0.00761. The summed E-state index contributed by atoms with van der Waals surface area (Å²) in [6.07, 6.45) is 0. The predicted molar refractivity (Wildman–Crippen MR) is 52.3 cm³/mol. The van der Waals surface area contributed by atoms with Gasteiger partial charge in [-0.25, -0.2) is 0 Å². The van der Waals surface area contributed by atoms with E-state index in [-0.39, 0.29) is 11.8 Å². The van der Waals surface area contributed by atoms with E-state index in [4.69, 9.17) is 16.9 Å². The molecule has 1 amide bonds. The van der Waals surface area contributed by atoms with Crippen molar-refractivity contribution >= 4 is 17.5 Å². The summed E-state index contributed by atoms with van der Waals surface area (Å²) in [5.41, 5.74) is -0.512. The van der Waals surface area contributed by atoms with Crippen molar-refractivity contribution in [3.05, 3.63) is 0 Å². The first-order valence-electron chi connectivity index (χ1n) is 4.18. The third-order valence-electron chi connectivity index (χ3n) is 1.69. The highest BCUT2D eigenvalue weighted by Gasteiger charge is 2.19. The number of alkyl halides is 1. The molecule has 13 heavy (non-hydrogen) atoms. The molecule has 0 aliphatic heterocycles. The van der Waals surface area contributed by atoms with Crippen molar-refractivity contribution in [1.29, 1.82) is 5.26 Å². The average molecular weight is 203 g/mol. The molecule has 0 heterocycles. The molecule has 1 atom stereocenters. The topological polar surface area (TPSA) is 52.9 Å². The monoisotopic (exact) mass is 202 g/mol. The number of nitrogens with one attached hydrogen (secondary N) is 1. The highest BCUT2D eigenvalue weighted by Crippen LogP contribution is 2.11. The van der Waals surface area contributed by atoms with Crippen LogP contribution in [0.1, 0.15) is 20.8 Å². The molecule has 0 fully saturated rings. The fourth-order valence-electron chi connectivity index (χ4n) is 0.592. The van der Waals surface area contributed by atoms with E-state index >= 15 is 0 Å². The number of halogens is 1. The van der Waals surface area contributed by atoms with Crippen molar-refractivity contribution in [3.63, 3.8) is 0 Å². The normalized spacial score (nSPS) is 13.2. The van der Waals surface area contributed by atoms with Crippen LogP contribution in [0.15, 0.2) is 0 Å². The number of rotatable bonds is 4. The van der Waals surface area contributed by atoms with Gasteiger partial charge in [0.25, 0.3) is 0 Å². The van der Waals surface area contributed by atoms with Gasteiger partial charge in [0.15, 0.2) is 0 Å². The first-order chi connectivity index (χ1) is 5.93. The molecule has 0 aromatic heterocycles. The van der Waals surface area contributed by atoms with Gasteiger partial charge in [-0.1, -0.05) is 6.92 Å². The Morgan fingerprint density at radius 2 is 2.23 bits per heavy atom. The summed E-state index contributed by atoms with van der Waals surface area (Å²) in [6, 6.07) is 2.11. The number of hydrogen-bond donors (Lipinski definition) is 1. The summed E-state index contributed by atoms with van der Waals surface area (Å²) in [5, 5.41) is 11.4. The van der Waals surface area contributed by atoms with Crippen LogP contribution in [0.4, 0.5) is 0 Å². The van der Waals surface area contributed by atoms with Crippen molar-refractivity contribution < 1.29 is 4.79 Å². The molecule has 3 nitrogen and oxygen atoms in total. The lowest BCUT2D eigenvalue weighted by molar-refractivity contribution is -0.124. The Balaban J connectivity index is 3.91. The second kappa shape index (κ2) is 5.08. The minimum Gasteiger partial charge on any atom is -0.354 e. The summed E-state index contributed by atoms with van der Waals surface area (Å²) in [6.45, 7) is 5.67. The molecule has 0 spiro atoms. The van der Waals surface area contributed by atoms with E-state index in [1.54, 1.807) is 20.8 Å². The molecule has 1 N–H and O–H groups in total. The molecule has 4 heteroatoms. The van der Waals surface area contributed by atoms with E-state index in [0.717, 1.165) is 0 Å². The van der Waals surface area contributed by atoms with Gasteiger partial charge in [-0.05, 0) is 13.8 Å². The van der Waals surface area contributed by atoms with E-state index < -0.39 is 5.41 Å². The Morgan fingerprint density at radius 3 is 2.62 bits per heavy atom. The van der Waals surface area contributed by atoms with Crippen LogP contribution in [0.2, 0.25) is 0 Å². The first kappa shape index (κ1) is 12.2. The molecule has 0 rings (SSSR count). The maximum atomic E-state index is 11.2. The van der Waals surface area contributed by atoms with Crippen molar-refractivity contribution in [2.24, 2.45) is 11.3 Å². The lowest BCUT2D eigenvalue weighted by atomic mass is 9.96. The quantitative estimate of drug-likeness (QED) is 0.703. The maximum Gasteiger partial charge on any atom is 0.224 e. The van der Waals surface area contributed by atoms with Crippen LogP contribution in [-0.4, -0.2) is 18.3 Å². The van der Waals surface area contributed by atoms with Crippen LogP contribution in [0.3, 0.4) is 0 Å². The highest BCUT2D eigenvalue weighted by atomic mass is 35.5. The van der Waals surface area contributed by atoms with Crippen LogP contribution in [-0.2, 0) is 4.79 Å². The Hall–Kier alpha value is -0.750. The zero-order chi connectivity index (χ0) is 10.5. The van der Waals surface area contributed by atoms with Gasteiger partial charge >= 0.3 is 0 Å². The van der Waals surface area contributed by atoms with E-state index in [2.05, 4.69) is 11.4 Å². The number of amides is 1. The van der Waals surface area contributed by atoms with Crippen molar-refractivity contribution in [2.75, 3.05) is 12.4 Å². The molecule has 0 saturated heterocycles. The molecular weight excluding hydrogens is 188 g/mol. The van der Waals surface area contributed by atoms with E-state index in [9.17, 15) is 4.79 Å². The number of carbonyl (C=O) groups is 1. The zero-order valence-corrected chi connectivity index (χ0v) is 8.98. The molecule has 0 saturated carbocycles. The second-order valence-corrected chi connectivity index (χ2v) is 4.08. The lowest BCUT2D eigenvalue weighted by Crippen LogP contribution is -2.36. The maximum absolute atomic E-state index is 11.2. The third-order valence-corrected chi connectivity index (χ3v) is 2.15. The predicted octanol–water partition coefficient (Wildman–Crippen LogP) is 1.53. The van der Waals surface area contributed by atoms with Crippen molar-refractivity contribution in [3.8, 4) is 6.07 Å². The van der Waals surface area contributed by atoms with Crippen LogP contribution in [0.25, 0.3) is 0 Å². The smallest absolute Gasteiger partial charge is 0.224 e. The number of carbonyl (C=O) groups excluding carboxylic acids is 1. The highest BCUT2D eigenvalue weighted by molar-refractivity contribution is 6.19. The molecule has 0 aliphatic rings. The Morgan fingerprint density at radius 1 is 1.69 bits per heavy atom. The number of hydrogen-bond acceptors (Lipinski definition) is 2. The zero-order valence-electron chi connectivity index (χ0n) is 8.22. The van der Waals surface area contributed by atoms with Crippen LogP contribution in [0.5, 0.6) is 0 Å². The van der Waals surface area contributed by atoms with Gasteiger partial charge in [-0.15, -0.1) is 11.6 Å². The number of nitriles is 1. The van der Waals surface area contributed by atoms with Gasteiger partial charge in [0.05, 0.1) is 11.5 Å². The third kappa shape index (κ3) is 4.74. The van der Waals surface area contributed by atoms with Crippen LogP contribution in [0, 0.1) is 22.7 Å². The SMILES string of the molecule is CC(CCl)C(=O)NCC(C)(C)C#N. The molecule has 74 valence electrons. The number of nitrogens with zero attached hydrogens (tertiary/aromatic N) is 1. The fraction of sp³-hybridized carbons (Fsp3) is 0.778. The summed E-state index contributed by atoms with van der Waals surface area (Å²) >= 11 is 5.50. The second-order valence-electron chi connectivity index (χ2n) is 3.77. The van der Waals surface area contributed by atoms with Gasteiger partial charge in [-0.3, -0.25) is 4.79 Å². The van der Waals surface area contributed by atoms with Crippen molar-refractivity contribution in [2.45, 2.75) is 20.8 Å². The Labute approximate surface area is 84.1 Å². The van der Waals surface area contributed by atoms with Gasteiger partial charge < -0.3 is 5.32 Å². The molecule has 1 unspecified atom stereocenters. The molecule has 0 bridgehead atoms. The van der Waals surface area contributed by atoms with Crippen molar-refractivity contribution in [1.82, 2.24) is 5.32 Å². The Kier molecular flexibility index (Phi) is 4.79. The fourth-order valence-corrected chi connectivity index (χ4v) is 0.732. The van der Waals surface area contributed by atoms with Crippen LogP contribution < -0.4 is 5.32 Å². The van der Waals surface area contributed by atoms with Gasteiger partial charge in [0.1, 0.15) is 0 Å². The molecule has 0 aromatic carbocycles. The summed E-state index contributed by atoms with van der Waals surface area (Å²) in [4.78, 5) is 11.2. The molecule has 0 radical (unpaired) electrons. The minimum absolute atomic E-state index is 0.0988.